The van der Waals surface area contributed by atoms with Crippen molar-refractivity contribution < 1.29 is 20.4 Å². The Bertz CT molecular complexity index is 1170. The van der Waals surface area contributed by atoms with Gasteiger partial charge in [0.1, 0.15) is 0 Å². The van der Waals surface area contributed by atoms with Gasteiger partial charge in [0, 0.05) is 22.1 Å². The van der Waals surface area contributed by atoms with Gasteiger partial charge in [-0.25, -0.2) is 0 Å². The fourth-order valence-corrected chi connectivity index (χ4v) is 3.65. The summed E-state index contributed by atoms with van der Waals surface area (Å²) in [4.78, 5) is 0. The molecule has 0 saturated heterocycles. The first-order valence-electron chi connectivity index (χ1n) is 9.43. The molecular formula is C24H22N2O4. The third-order valence-electron chi connectivity index (χ3n) is 5.33. The van der Waals surface area contributed by atoms with Crippen molar-refractivity contribution in [1.82, 2.24) is 0 Å². The van der Waals surface area contributed by atoms with Gasteiger partial charge in [-0.15, -0.1) is 0 Å². The van der Waals surface area contributed by atoms with Crippen molar-refractivity contribution in [3.05, 3.63) is 82.9 Å². The average molecular weight is 402 g/mol. The van der Waals surface area contributed by atoms with Gasteiger partial charge in [0.25, 0.3) is 0 Å². The number of nitrogens with two attached hydrogens (primary N) is 2. The van der Waals surface area contributed by atoms with E-state index in [1.807, 2.05) is 24.3 Å². The lowest BCUT2D eigenvalue weighted by Crippen LogP contribution is -2.01. The van der Waals surface area contributed by atoms with Crippen LogP contribution in [0.1, 0.15) is 22.3 Å². The van der Waals surface area contributed by atoms with Gasteiger partial charge in [0.15, 0.2) is 23.0 Å². The highest BCUT2D eigenvalue weighted by Gasteiger charge is 2.12. The molecule has 0 aliphatic rings. The summed E-state index contributed by atoms with van der Waals surface area (Å²) in [5.41, 5.74) is 17.5. The van der Waals surface area contributed by atoms with Gasteiger partial charge >= 0.3 is 0 Å². The Morgan fingerprint density at radius 3 is 1.27 bits per heavy atom. The number of aromatic hydroxyl groups is 4. The number of benzene rings is 4. The first kappa shape index (κ1) is 19.3. The number of hydrogen-bond donors (Lipinski definition) is 6. The maximum Gasteiger partial charge on any atom is 0.157 e. The number of anilines is 2. The molecule has 0 aliphatic heterocycles. The van der Waals surface area contributed by atoms with Crippen molar-refractivity contribution in [3.8, 4) is 23.0 Å². The summed E-state index contributed by atoms with van der Waals surface area (Å²) < 4.78 is 0. The van der Waals surface area contributed by atoms with Crippen molar-refractivity contribution in [2.75, 3.05) is 11.5 Å². The standard InChI is InChI=1S/C24H22N2O4/c25-23-15(9-13-1-7-19(27)21(29)11-13)3-5-18-17(23)6-4-16(24(18)26)10-14-2-8-20(28)22(30)12-14/h1-8,11-12,27-30H,9-10,25-26H2. The maximum atomic E-state index is 9.71. The summed E-state index contributed by atoms with van der Waals surface area (Å²) in [5.74, 6) is -0.651. The summed E-state index contributed by atoms with van der Waals surface area (Å²) in [6, 6.07) is 17.1. The predicted molar refractivity (Wildman–Crippen MR) is 118 cm³/mol. The lowest BCUT2D eigenvalue weighted by molar-refractivity contribution is 0.403. The molecule has 4 aromatic rings. The molecule has 0 bridgehead atoms. The van der Waals surface area contributed by atoms with Crippen LogP contribution in [0.2, 0.25) is 0 Å². The number of phenols is 4. The third-order valence-corrected chi connectivity index (χ3v) is 5.33. The van der Waals surface area contributed by atoms with Gasteiger partial charge in [0.05, 0.1) is 0 Å². The van der Waals surface area contributed by atoms with Crippen LogP contribution in [0.3, 0.4) is 0 Å². The van der Waals surface area contributed by atoms with E-state index >= 15 is 0 Å². The van der Waals surface area contributed by atoms with Gasteiger partial charge < -0.3 is 31.9 Å². The number of rotatable bonds is 4. The maximum absolute atomic E-state index is 9.71. The minimum absolute atomic E-state index is 0.160. The molecule has 0 aromatic heterocycles. The van der Waals surface area contributed by atoms with E-state index in [9.17, 15) is 20.4 Å². The monoisotopic (exact) mass is 402 g/mol. The quantitative estimate of drug-likeness (QED) is 0.226. The summed E-state index contributed by atoms with van der Waals surface area (Å²) in [6.45, 7) is 0. The molecule has 4 aromatic carbocycles. The highest BCUT2D eigenvalue weighted by Crippen LogP contribution is 2.35. The molecule has 6 heteroatoms. The highest BCUT2D eigenvalue weighted by atomic mass is 16.3. The number of fused-ring (bicyclic) bond motifs is 1. The SMILES string of the molecule is Nc1c(Cc2ccc(O)c(O)c2)ccc2c(N)c(Cc3ccc(O)c(O)c3)ccc12. The Kier molecular flexibility index (Phi) is 4.75. The molecule has 0 spiro atoms. The number of phenolic OH excluding ortho intramolecular Hbond substituents is 4. The van der Waals surface area contributed by atoms with Crippen LogP contribution in [0, 0.1) is 0 Å². The zero-order valence-electron chi connectivity index (χ0n) is 16.1. The summed E-state index contributed by atoms with van der Waals surface area (Å²) in [5, 5.41) is 40.1. The van der Waals surface area contributed by atoms with E-state index in [-0.39, 0.29) is 23.0 Å². The van der Waals surface area contributed by atoms with Gasteiger partial charge in [0.2, 0.25) is 0 Å². The zero-order valence-corrected chi connectivity index (χ0v) is 16.1. The topological polar surface area (TPSA) is 133 Å². The van der Waals surface area contributed by atoms with Crippen LogP contribution in [-0.4, -0.2) is 20.4 Å². The molecule has 0 unspecified atom stereocenters. The predicted octanol–water partition coefficient (Wildman–Crippen LogP) is 4.01. The fourth-order valence-electron chi connectivity index (χ4n) is 3.65. The van der Waals surface area contributed by atoms with Gasteiger partial charge in [-0.2, -0.15) is 0 Å². The lowest BCUT2D eigenvalue weighted by Gasteiger charge is -2.14. The Hall–Kier alpha value is -4.06. The van der Waals surface area contributed by atoms with Crippen molar-refractivity contribution >= 4 is 22.1 Å². The first-order valence-corrected chi connectivity index (χ1v) is 9.43. The summed E-state index contributed by atoms with van der Waals surface area (Å²) >= 11 is 0. The van der Waals surface area contributed by atoms with E-state index < -0.39 is 0 Å². The molecule has 0 saturated carbocycles. The van der Waals surface area contributed by atoms with Gasteiger partial charge in [-0.05, 0) is 59.4 Å². The largest absolute Gasteiger partial charge is 0.504 e. The normalized spacial score (nSPS) is 11.1. The molecule has 30 heavy (non-hydrogen) atoms. The van der Waals surface area contributed by atoms with Crippen LogP contribution in [0.5, 0.6) is 23.0 Å². The van der Waals surface area contributed by atoms with Crippen LogP contribution >= 0.6 is 0 Å². The number of nitrogen functional groups attached to an aromatic ring is 2. The van der Waals surface area contributed by atoms with Crippen molar-refractivity contribution in [2.45, 2.75) is 12.8 Å². The Balaban J connectivity index is 1.68. The minimum atomic E-state index is -0.166. The minimum Gasteiger partial charge on any atom is -0.504 e. The molecule has 8 N–H and O–H groups in total. The van der Waals surface area contributed by atoms with E-state index in [1.54, 1.807) is 12.1 Å². The molecule has 0 aliphatic carbocycles. The second-order valence-corrected chi connectivity index (χ2v) is 7.37. The second-order valence-electron chi connectivity index (χ2n) is 7.37. The molecule has 152 valence electrons. The van der Waals surface area contributed by atoms with Crippen LogP contribution in [0.25, 0.3) is 10.8 Å². The molecule has 0 heterocycles. The van der Waals surface area contributed by atoms with Gasteiger partial charge in [-0.3, -0.25) is 0 Å². The molecule has 0 atom stereocenters. The van der Waals surface area contributed by atoms with E-state index in [2.05, 4.69) is 0 Å². The van der Waals surface area contributed by atoms with Crippen LogP contribution in [0.4, 0.5) is 11.4 Å². The van der Waals surface area contributed by atoms with Crippen molar-refractivity contribution in [2.24, 2.45) is 0 Å². The third kappa shape index (κ3) is 3.51. The van der Waals surface area contributed by atoms with Gasteiger partial charge in [-0.1, -0.05) is 36.4 Å². The molecule has 0 amide bonds. The van der Waals surface area contributed by atoms with E-state index in [0.29, 0.717) is 24.2 Å². The molecular weight excluding hydrogens is 380 g/mol. The second kappa shape index (κ2) is 7.40. The first-order chi connectivity index (χ1) is 14.3. The summed E-state index contributed by atoms with van der Waals surface area (Å²) in [7, 11) is 0. The molecule has 6 nitrogen and oxygen atoms in total. The van der Waals surface area contributed by atoms with E-state index in [4.69, 9.17) is 11.5 Å². The van der Waals surface area contributed by atoms with Crippen molar-refractivity contribution in [1.29, 1.82) is 0 Å². The average Bonchev–Trinajstić information content (AvgIpc) is 2.72. The summed E-state index contributed by atoms with van der Waals surface area (Å²) in [6.07, 6.45) is 1.01. The molecule has 0 fully saturated rings. The van der Waals surface area contributed by atoms with Crippen molar-refractivity contribution in [3.63, 3.8) is 0 Å². The van der Waals surface area contributed by atoms with Crippen LogP contribution < -0.4 is 11.5 Å². The Labute approximate surface area is 173 Å². The lowest BCUT2D eigenvalue weighted by atomic mass is 9.94. The van der Waals surface area contributed by atoms with Crippen LogP contribution in [-0.2, 0) is 12.8 Å². The Morgan fingerprint density at radius 1 is 0.500 bits per heavy atom. The molecule has 4 rings (SSSR count). The Morgan fingerprint density at radius 2 is 0.900 bits per heavy atom. The zero-order chi connectivity index (χ0) is 21.4. The van der Waals surface area contributed by atoms with E-state index in [1.165, 1.54) is 24.3 Å². The smallest absolute Gasteiger partial charge is 0.157 e. The molecule has 0 radical (unpaired) electrons. The van der Waals surface area contributed by atoms with Crippen LogP contribution in [0.15, 0.2) is 60.7 Å². The van der Waals surface area contributed by atoms with E-state index in [0.717, 1.165) is 33.0 Å². The number of hydrogen-bond acceptors (Lipinski definition) is 6. The fraction of sp³-hybridized carbons (Fsp3) is 0.0833. The highest BCUT2D eigenvalue weighted by molar-refractivity contribution is 6.02.